The van der Waals surface area contributed by atoms with Crippen molar-refractivity contribution in [3.8, 4) is 0 Å². The van der Waals surface area contributed by atoms with Gasteiger partial charge in [0.1, 0.15) is 5.82 Å². The van der Waals surface area contributed by atoms with E-state index >= 15 is 0 Å². The minimum absolute atomic E-state index is 0.146. The Kier molecular flexibility index (Phi) is 4.47. The summed E-state index contributed by atoms with van der Waals surface area (Å²) in [5.74, 6) is 0.332. The molecule has 1 atom stereocenters. The second-order valence-electron chi connectivity index (χ2n) is 4.59. The molecule has 0 aliphatic carbocycles. The van der Waals surface area contributed by atoms with Gasteiger partial charge in [0.05, 0.1) is 6.33 Å². The largest absolute Gasteiger partial charge is 0.337 e. The summed E-state index contributed by atoms with van der Waals surface area (Å²) in [5, 5.41) is 3.28. The Labute approximate surface area is 107 Å². The van der Waals surface area contributed by atoms with Crippen LogP contribution < -0.4 is 5.32 Å². The van der Waals surface area contributed by atoms with E-state index in [-0.39, 0.29) is 5.82 Å². The number of benzene rings is 1. The highest BCUT2D eigenvalue weighted by Gasteiger charge is 2.04. The van der Waals surface area contributed by atoms with E-state index in [1.54, 1.807) is 12.3 Å². The fourth-order valence-corrected chi connectivity index (χ4v) is 1.91. The molecule has 3 nitrogen and oxygen atoms in total. The van der Waals surface area contributed by atoms with Gasteiger partial charge in [0, 0.05) is 31.0 Å². The molecule has 4 heteroatoms. The molecule has 2 aromatic rings. The molecule has 1 aromatic heterocycles. The van der Waals surface area contributed by atoms with E-state index in [0.29, 0.717) is 18.0 Å². The molecule has 1 heterocycles. The molecule has 0 spiro atoms. The van der Waals surface area contributed by atoms with Gasteiger partial charge in [-0.05, 0) is 18.5 Å². The zero-order valence-electron chi connectivity index (χ0n) is 10.5. The molecule has 0 aliphatic rings. The van der Waals surface area contributed by atoms with Crippen molar-refractivity contribution < 1.29 is 4.39 Å². The van der Waals surface area contributed by atoms with Crippen molar-refractivity contribution in [2.24, 2.45) is 5.92 Å². The van der Waals surface area contributed by atoms with Crippen molar-refractivity contribution in [3.05, 3.63) is 54.4 Å². The molecule has 0 aliphatic heterocycles. The summed E-state index contributed by atoms with van der Waals surface area (Å²) in [6.45, 7) is 4.51. The maximum absolute atomic E-state index is 13.4. The number of rotatable bonds is 6. The van der Waals surface area contributed by atoms with Gasteiger partial charge in [0.2, 0.25) is 0 Å². The van der Waals surface area contributed by atoms with Crippen LogP contribution in [0.25, 0.3) is 0 Å². The third kappa shape index (κ3) is 3.67. The highest BCUT2D eigenvalue weighted by molar-refractivity contribution is 5.16. The van der Waals surface area contributed by atoms with Gasteiger partial charge in [-0.1, -0.05) is 25.1 Å². The number of hydrogen-bond acceptors (Lipinski definition) is 2. The van der Waals surface area contributed by atoms with Gasteiger partial charge in [-0.25, -0.2) is 9.37 Å². The molecular formula is C14H18FN3. The van der Waals surface area contributed by atoms with Gasteiger partial charge in [-0.2, -0.15) is 0 Å². The van der Waals surface area contributed by atoms with E-state index in [1.165, 1.54) is 6.07 Å². The van der Waals surface area contributed by atoms with E-state index in [4.69, 9.17) is 0 Å². The van der Waals surface area contributed by atoms with Crippen molar-refractivity contribution in [3.63, 3.8) is 0 Å². The predicted octanol–water partition coefficient (Wildman–Crippen LogP) is 2.45. The third-order valence-corrected chi connectivity index (χ3v) is 2.85. The first-order valence-electron chi connectivity index (χ1n) is 6.15. The van der Waals surface area contributed by atoms with Crippen molar-refractivity contribution in [1.82, 2.24) is 14.9 Å². The SMILES string of the molecule is CC(CNCc1ccccc1F)Cn1ccnc1. The van der Waals surface area contributed by atoms with E-state index in [0.717, 1.165) is 13.1 Å². The first kappa shape index (κ1) is 12.8. The lowest BCUT2D eigenvalue weighted by Gasteiger charge is -2.13. The van der Waals surface area contributed by atoms with Gasteiger partial charge in [0.15, 0.2) is 0 Å². The molecule has 1 N–H and O–H groups in total. The fourth-order valence-electron chi connectivity index (χ4n) is 1.91. The first-order valence-corrected chi connectivity index (χ1v) is 6.15. The van der Waals surface area contributed by atoms with Crippen LogP contribution in [0.1, 0.15) is 12.5 Å². The topological polar surface area (TPSA) is 29.9 Å². The van der Waals surface area contributed by atoms with Crippen LogP contribution >= 0.6 is 0 Å². The number of nitrogens with one attached hydrogen (secondary N) is 1. The monoisotopic (exact) mass is 247 g/mol. The van der Waals surface area contributed by atoms with E-state index in [2.05, 4.69) is 21.8 Å². The van der Waals surface area contributed by atoms with E-state index < -0.39 is 0 Å². The summed E-state index contributed by atoms with van der Waals surface area (Å²) >= 11 is 0. The number of imidazole rings is 1. The summed E-state index contributed by atoms with van der Waals surface area (Å²) in [6, 6.07) is 6.87. The summed E-state index contributed by atoms with van der Waals surface area (Å²) in [6.07, 6.45) is 5.54. The zero-order chi connectivity index (χ0) is 12.8. The molecule has 96 valence electrons. The van der Waals surface area contributed by atoms with Gasteiger partial charge in [-0.3, -0.25) is 0 Å². The van der Waals surface area contributed by atoms with Gasteiger partial charge in [-0.15, -0.1) is 0 Å². The molecule has 1 unspecified atom stereocenters. The van der Waals surface area contributed by atoms with E-state index in [1.807, 2.05) is 24.7 Å². The smallest absolute Gasteiger partial charge is 0.127 e. The van der Waals surface area contributed by atoms with Crippen LogP contribution in [0.4, 0.5) is 4.39 Å². The number of hydrogen-bond donors (Lipinski definition) is 1. The quantitative estimate of drug-likeness (QED) is 0.849. The van der Waals surface area contributed by atoms with Crippen molar-refractivity contribution in [1.29, 1.82) is 0 Å². The second kappa shape index (κ2) is 6.31. The molecule has 0 saturated heterocycles. The highest BCUT2D eigenvalue weighted by atomic mass is 19.1. The second-order valence-corrected chi connectivity index (χ2v) is 4.59. The Bertz CT molecular complexity index is 468. The normalized spacial score (nSPS) is 12.6. The van der Waals surface area contributed by atoms with Crippen molar-refractivity contribution >= 4 is 0 Å². The van der Waals surface area contributed by atoms with Crippen molar-refractivity contribution in [2.75, 3.05) is 6.54 Å². The Balaban J connectivity index is 1.74. The summed E-state index contributed by atoms with van der Waals surface area (Å²) in [4.78, 5) is 4.01. The first-order chi connectivity index (χ1) is 8.75. The van der Waals surface area contributed by atoms with E-state index in [9.17, 15) is 4.39 Å². The molecule has 0 amide bonds. The average Bonchev–Trinajstić information content (AvgIpc) is 2.84. The lowest BCUT2D eigenvalue weighted by Crippen LogP contribution is -2.23. The van der Waals surface area contributed by atoms with Crippen LogP contribution in [-0.4, -0.2) is 16.1 Å². The van der Waals surface area contributed by atoms with Crippen LogP contribution in [0.15, 0.2) is 43.0 Å². The Morgan fingerprint density at radius 3 is 2.94 bits per heavy atom. The molecule has 0 bridgehead atoms. The Morgan fingerprint density at radius 2 is 2.22 bits per heavy atom. The maximum atomic E-state index is 13.4. The third-order valence-electron chi connectivity index (χ3n) is 2.85. The lowest BCUT2D eigenvalue weighted by molar-refractivity contribution is 0.442. The number of halogens is 1. The predicted molar refractivity (Wildman–Crippen MR) is 69.5 cm³/mol. The van der Waals surface area contributed by atoms with Crippen LogP contribution in [0.5, 0.6) is 0 Å². The Hall–Kier alpha value is -1.68. The fraction of sp³-hybridized carbons (Fsp3) is 0.357. The minimum atomic E-state index is -0.146. The maximum Gasteiger partial charge on any atom is 0.127 e. The van der Waals surface area contributed by atoms with Crippen LogP contribution in [0.2, 0.25) is 0 Å². The van der Waals surface area contributed by atoms with Crippen LogP contribution in [-0.2, 0) is 13.1 Å². The van der Waals surface area contributed by atoms with Crippen molar-refractivity contribution in [2.45, 2.75) is 20.0 Å². The minimum Gasteiger partial charge on any atom is -0.337 e. The summed E-state index contributed by atoms with van der Waals surface area (Å²) in [5.41, 5.74) is 0.715. The van der Waals surface area contributed by atoms with Gasteiger partial charge < -0.3 is 9.88 Å². The molecule has 18 heavy (non-hydrogen) atoms. The molecule has 0 fully saturated rings. The number of aromatic nitrogens is 2. The highest BCUT2D eigenvalue weighted by Crippen LogP contribution is 2.06. The van der Waals surface area contributed by atoms with Gasteiger partial charge in [0.25, 0.3) is 0 Å². The zero-order valence-corrected chi connectivity index (χ0v) is 10.5. The molecule has 0 radical (unpaired) electrons. The van der Waals surface area contributed by atoms with Crippen LogP contribution in [0.3, 0.4) is 0 Å². The van der Waals surface area contributed by atoms with Gasteiger partial charge >= 0.3 is 0 Å². The number of nitrogens with zero attached hydrogens (tertiary/aromatic N) is 2. The molecule has 1 aromatic carbocycles. The molecule has 0 saturated carbocycles. The van der Waals surface area contributed by atoms with Crippen LogP contribution in [0, 0.1) is 11.7 Å². The average molecular weight is 247 g/mol. The summed E-state index contributed by atoms with van der Waals surface area (Å²) < 4.78 is 15.4. The lowest BCUT2D eigenvalue weighted by atomic mass is 10.1. The standard InChI is InChI=1S/C14H18FN3/c1-12(10-18-7-6-16-11-18)8-17-9-13-4-2-3-5-14(13)15/h2-7,11-12,17H,8-10H2,1H3. The Morgan fingerprint density at radius 1 is 1.39 bits per heavy atom. The molecular weight excluding hydrogens is 229 g/mol. The molecule has 2 rings (SSSR count). The summed E-state index contributed by atoms with van der Waals surface area (Å²) in [7, 11) is 0.